The van der Waals surface area contributed by atoms with Crippen LogP contribution in [0.1, 0.15) is 18.7 Å². The van der Waals surface area contributed by atoms with Gasteiger partial charge in [-0.3, -0.25) is 4.79 Å². The van der Waals surface area contributed by atoms with Gasteiger partial charge in [0.25, 0.3) is 0 Å². The summed E-state index contributed by atoms with van der Waals surface area (Å²) in [7, 11) is 0. The smallest absolute Gasteiger partial charge is 0.230 e. The second kappa shape index (κ2) is 6.72. The van der Waals surface area contributed by atoms with Crippen molar-refractivity contribution in [2.75, 3.05) is 0 Å². The molecule has 7 nitrogen and oxygen atoms in total. The molecule has 1 unspecified atom stereocenters. The Labute approximate surface area is 144 Å². The van der Waals surface area contributed by atoms with Crippen LogP contribution in [-0.2, 0) is 11.2 Å². The van der Waals surface area contributed by atoms with Crippen molar-refractivity contribution in [1.82, 2.24) is 20.4 Å². The van der Waals surface area contributed by atoms with E-state index in [9.17, 15) is 4.79 Å². The van der Waals surface area contributed by atoms with E-state index >= 15 is 0 Å². The van der Waals surface area contributed by atoms with Crippen LogP contribution in [0, 0.1) is 0 Å². The Hall–Kier alpha value is -3.22. The third-order valence-electron chi connectivity index (χ3n) is 3.94. The molecule has 1 saturated heterocycles. The first-order valence-corrected chi connectivity index (χ1v) is 8.08. The Morgan fingerprint density at radius 2 is 2.08 bits per heavy atom. The first kappa shape index (κ1) is 15.3. The maximum Gasteiger partial charge on any atom is 0.230 e. The predicted molar refractivity (Wildman–Crippen MR) is 88.9 cm³/mol. The standard InChI is InChI=1S/C18H16N4O3/c23-15-9-8-12(20-15)11-16-21-17(22-25-16)14-7-4-10-19-18(14)24-13-5-2-1-3-6-13/h1-7,10,12H,8-9,11H2,(H,20,23). The molecule has 126 valence electrons. The Morgan fingerprint density at radius 3 is 2.88 bits per heavy atom. The minimum absolute atomic E-state index is 0.0507. The molecule has 1 amide bonds. The lowest BCUT2D eigenvalue weighted by Crippen LogP contribution is -2.27. The lowest BCUT2D eigenvalue weighted by Gasteiger charge is -2.07. The topological polar surface area (TPSA) is 90.1 Å². The number of benzene rings is 1. The van der Waals surface area contributed by atoms with Crippen molar-refractivity contribution in [3.8, 4) is 23.0 Å². The maximum absolute atomic E-state index is 11.3. The van der Waals surface area contributed by atoms with E-state index in [0.29, 0.717) is 41.7 Å². The number of nitrogens with zero attached hydrogens (tertiary/aromatic N) is 3. The van der Waals surface area contributed by atoms with Gasteiger partial charge in [0.05, 0.1) is 5.56 Å². The fourth-order valence-electron chi connectivity index (χ4n) is 2.73. The normalized spacial score (nSPS) is 16.6. The zero-order valence-corrected chi connectivity index (χ0v) is 13.4. The van der Waals surface area contributed by atoms with E-state index in [4.69, 9.17) is 9.26 Å². The van der Waals surface area contributed by atoms with Crippen LogP contribution in [0.25, 0.3) is 11.4 Å². The van der Waals surface area contributed by atoms with E-state index in [1.807, 2.05) is 36.4 Å². The van der Waals surface area contributed by atoms with Gasteiger partial charge in [-0.15, -0.1) is 0 Å². The summed E-state index contributed by atoms with van der Waals surface area (Å²) in [6.45, 7) is 0. The molecule has 1 N–H and O–H groups in total. The van der Waals surface area contributed by atoms with Gasteiger partial charge in [-0.2, -0.15) is 4.98 Å². The summed E-state index contributed by atoms with van der Waals surface area (Å²) >= 11 is 0. The number of para-hydroxylation sites is 1. The number of carbonyl (C=O) groups excluding carboxylic acids is 1. The molecular formula is C18H16N4O3. The highest BCUT2D eigenvalue weighted by molar-refractivity contribution is 5.78. The summed E-state index contributed by atoms with van der Waals surface area (Å²) in [5.41, 5.74) is 0.650. The first-order valence-electron chi connectivity index (χ1n) is 8.08. The van der Waals surface area contributed by atoms with Crippen LogP contribution in [-0.4, -0.2) is 27.1 Å². The Balaban J connectivity index is 1.55. The number of hydrogen-bond donors (Lipinski definition) is 1. The highest BCUT2D eigenvalue weighted by Crippen LogP contribution is 2.29. The number of amides is 1. The molecular weight excluding hydrogens is 320 g/mol. The van der Waals surface area contributed by atoms with Gasteiger partial charge < -0.3 is 14.6 Å². The molecule has 3 heterocycles. The van der Waals surface area contributed by atoms with Crippen LogP contribution in [0.3, 0.4) is 0 Å². The molecule has 0 bridgehead atoms. The van der Waals surface area contributed by atoms with Crippen molar-refractivity contribution in [2.45, 2.75) is 25.3 Å². The van der Waals surface area contributed by atoms with Crippen LogP contribution in [0.5, 0.6) is 11.6 Å². The molecule has 3 aromatic rings. The number of rotatable bonds is 5. The summed E-state index contributed by atoms with van der Waals surface area (Å²) in [4.78, 5) is 20.0. The van der Waals surface area contributed by atoms with Crippen LogP contribution in [0.4, 0.5) is 0 Å². The van der Waals surface area contributed by atoms with Crippen LogP contribution in [0.15, 0.2) is 53.2 Å². The van der Waals surface area contributed by atoms with E-state index < -0.39 is 0 Å². The molecule has 7 heteroatoms. The number of pyridine rings is 1. The van der Waals surface area contributed by atoms with Crippen molar-refractivity contribution in [2.24, 2.45) is 0 Å². The van der Waals surface area contributed by atoms with Crippen molar-refractivity contribution in [3.63, 3.8) is 0 Å². The van der Waals surface area contributed by atoms with Gasteiger partial charge in [-0.1, -0.05) is 23.4 Å². The summed E-state index contributed by atoms with van der Waals surface area (Å²) in [5, 5.41) is 6.92. The molecule has 1 aliphatic rings. The molecule has 1 aliphatic heterocycles. The number of carbonyl (C=O) groups is 1. The molecule has 0 spiro atoms. The molecule has 4 rings (SSSR count). The molecule has 1 aromatic carbocycles. The minimum atomic E-state index is 0.0507. The molecule has 1 atom stereocenters. The highest BCUT2D eigenvalue weighted by atomic mass is 16.5. The zero-order chi connectivity index (χ0) is 17.1. The minimum Gasteiger partial charge on any atom is -0.438 e. The van der Waals surface area contributed by atoms with E-state index in [0.717, 1.165) is 6.42 Å². The predicted octanol–water partition coefficient (Wildman–Crippen LogP) is 2.75. The molecule has 2 aromatic heterocycles. The molecule has 0 radical (unpaired) electrons. The molecule has 25 heavy (non-hydrogen) atoms. The third-order valence-corrected chi connectivity index (χ3v) is 3.94. The van der Waals surface area contributed by atoms with Crippen molar-refractivity contribution < 1.29 is 14.1 Å². The fraction of sp³-hybridized carbons (Fsp3) is 0.222. The lowest BCUT2D eigenvalue weighted by atomic mass is 10.1. The number of nitrogens with one attached hydrogen (secondary N) is 1. The van der Waals surface area contributed by atoms with Gasteiger partial charge in [0, 0.05) is 25.1 Å². The van der Waals surface area contributed by atoms with E-state index in [1.165, 1.54) is 0 Å². The quantitative estimate of drug-likeness (QED) is 0.770. The van der Waals surface area contributed by atoms with Gasteiger partial charge in [0.2, 0.25) is 23.5 Å². The number of ether oxygens (including phenoxy) is 1. The van der Waals surface area contributed by atoms with Crippen molar-refractivity contribution >= 4 is 5.91 Å². The lowest BCUT2D eigenvalue weighted by molar-refractivity contribution is -0.119. The fourth-order valence-corrected chi connectivity index (χ4v) is 2.73. The zero-order valence-electron chi connectivity index (χ0n) is 13.4. The average Bonchev–Trinajstić information content (AvgIpc) is 3.26. The van der Waals surface area contributed by atoms with Crippen LogP contribution < -0.4 is 10.1 Å². The van der Waals surface area contributed by atoms with Crippen LogP contribution in [0.2, 0.25) is 0 Å². The summed E-state index contributed by atoms with van der Waals surface area (Å²) in [5.74, 6) is 2.06. The maximum atomic E-state index is 11.3. The van der Waals surface area contributed by atoms with E-state index in [1.54, 1.807) is 12.3 Å². The number of hydrogen-bond acceptors (Lipinski definition) is 6. The van der Waals surface area contributed by atoms with Gasteiger partial charge in [-0.05, 0) is 30.7 Å². The van der Waals surface area contributed by atoms with Gasteiger partial charge in [0.15, 0.2) is 0 Å². The Bertz CT molecular complexity index is 879. The SMILES string of the molecule is O=C1CCC(Cc2nc(-c3cccnc3Oc3ccccc3)no2)N1. The van der Waals surface area contributed by atoms with E-state index in [2.05, 4.69) is 20.4 Å². The summed E-state index contributed by atoms with van der Waals surface area (Å²) < 4.78 is 11.2. The monoisotopic (exact) mass is 336 g/mol. The second-order valence-electron chi connectivity index (χ2n) is 5.79. The molecule has 0 aliphatic carbocycles. The Morgan fingerprint density at radius 1 is 1.20 bits per heavy atom. The molecule has 0 saturated carbocycles. The summed E-state index contributed by atoms with van der Waals surface area (Å²) in [6.07, 6.45) is 3.50. The van der Waals surface area contributed by atoms with Crippen LogP contribution >= 0.6 is 0 Å². The third kappa shape index (κ3) is 3.50. The number of aromatic nitrogens is 3. The van der Waals surface area contributed by atoms with Gasteiger partial charge in [0.1, 0.15) is 5.75 Å². The van der Waals surface area contributed by atoms with Gasteiger partial charge >= 0.3 is 0 Å². The average molecular weight is 336 g/mol. The van der Waals surface area contributed by atoms with Gasteiger partial charge in [-0.25, -0.2) is 4.98 Å². The second-order valence-corrected chi connectivity index (χ2v) is 5.79. The Kier molecular flexibility index (Phi) is 4.12. The molecule has 1 fully saturated rings. The van der Waals surface area contributed by atoms with Crippen molar-refractivity contribution in [3.05, 3.63) is 54.6 Å². The highest BCUT2D eigenvalue weighted by Gasteiger charge is 2.24. The summed E-state index contributed by atoms with van der Waals surface area (Å²) in [6, 6.07) is 13.1. The van der Waals surface area contributed by atoms with Crippen molar-refractivity contribution in [1.29, 1.82) is 0 Å². The first-order chi connectivity index (χ1) is 12.3. The largest absolute Gasteiger partial charge is 0.438 e. The van der Waals surface area contributed by atoms with E-state index in [-0.39, 0.29) is 11.9 Å².